The average Bonchev–Trinajstić information content (AvgIpc) is 2.66. The fourth-order valence-corrected chi connectivity index (χ4v) is 2.29. The Balaban J connectivity index is 1.99. The van der Waals surface area contributed by atoms with Crippen LogP contribution >= 0.6 is 0 Å². The van der Waals surface area contributed by atoms with E-state index in [-0.39, 0.29) is 5.97 Å². The number of rotatable bonds is 8. The van der Waals surface area contributed by atoms with Gasteiger partial charge in [-0.3, -0.25) is 4.99 Å². The molecule has 0 bridgehead atoms. The Morgan fingerprint density at radius 2 is 1.92 bits per heavy atom. The van der Waals surface area contributed by atoms with Crippen LogP contribution in [-0.2, 0) is 9.53 Å². The number of carbonyl (C=O) groups is 1. The van der Waals surface area contributed by atoms with Gasteiger partial charge in [-0.1, -0.05) is 19.4 Å². The number of aryl methyl sites for hydroxylation is 1. The molecule has 2 aromatic carbocycles. The predicted octanol–water partition coefficient (Wildman–Crippen LogP) is 5.11. The van der Waals surface area contributed by atoms with Gasteiger partial charge in [0.2, 0.25) is 0 Å². The van der Waals surface area contributed by atoms with E-state index in [1.165, 1.54) is 6.08 Å². The Bertz CT molecular complexity index is 776. The molecule has 2 rings (SSSR count). The number of methoxy groups -OCH3 is 1. The minimum atomic E-state index is -0.306. The van der Waals surface area contributed by atoms with Crippen LogP contribution in [-0.4, -0.2) is 25.9 Å². The molecular formula is C22H25NO3. The smallest absolute Gasteiger partial charge is 0.330 e. The lowest BCUT2D eigenvalue weighted by atomic mass is 10.1. The zero-order valence-electron chi connectivity index (χ0n) is 15.6. The number of carbonyl (C=O) groups excluding carboxylic acids is 1. The second kappa shape index (κ2) is 10.2. The van der Waals surface area contributed by atoms with Crippen molar-refractivity contribution in [2.45, 2.75) is 26.7 Å². The summed E-state index contributed by atoms with van der Waals surface area (Å²) < 4.78 is 10.3. The van der Waals surface area contributed by atoms with Crippen molar-refractivity contribution in [2.24, 2.45) is 4.99 Å². The highest BCUT2D eigenvalue weighted by Gasteiger charge is 2.00. The van der Waals surface area contributed by atoms with Crippen molar-refractivity contribution in [3.8, 4) is 5.75 Å². The fourth-order valence-electron chi connectivity index (χ4n) is 2.29. The topological polar surface area (TPSA) is 47.9 Å². The van der Waals surface area contributed by atoms with E-state index in [0.29, 0.717) is 6.61 Å². The molecule has 4 heteroatoms. The fraction of sp³-hybridized carbons (Fsp3) is 0.273. The maximum Gasteiger partial charge on any atom is 0.330 e. The molecule has 0 unspecified atom stereocenters. The van der Waals surface area contributed by atoms with Gasteiger partial charge in [-0.15, -0.1) is 0 Å². The van der Waals surface area contributed by atoms with Crippen LogP contribution in [0.2, 0.25) is 0 Å². The van der Waals surface area contributed by atoms with Crippen LogP contribution < -0.4 is 4.74 Å². The Kier molecular flexibility index (Phi) is 7.62. The minimum absolute atomic E-state index is 0.306. The minimum Gasteiger partial charge on any atom is -0.497 e. The van der Waals surface area contributed by atoms with Crippen molar-refractivity contribution >= 4 is 23.9 Å². The lowest BCUT2D eigenvalue weighted by molar-refractivity contribution is -0.137. The van der Waals surface area contributed by atoms with Gasteiger partial charge in [0, 0.05) is 12.3 Å². The maximum atomic E-state index is 11.6. The van der Waals surface area contributed by atoms with E-state index in [1.54, 1.807) is 13.2 Å². The first-order valence-corrected chi connectivity index (χ1v) is 8.76. The normalized spacial score (nSPS) is 11.2. The van der Waals surface area contributed by atoms with E-state index in [0.717, 1.165) is 41.0 Å². The molecule has 0 fully saturated rings. The molecule has 0 atom stereocenters. The van der Waals surface area contributed by atoms with Gasteiger partial charge in [0.1, 0.15) is 5.75 Å². The molecule has 136 valence electrons. The van der Waals surface area contributed by atoms with E-state index in [9.17, 15) is 4.79 Å². The van der Waals surface area contributed by atoms with Crippen molar-refractivity contribution in [1.82, 2.24) is 0 Å². The van der Waals surface area contributed by atoms with Crippen LogP contribution in [0.4, 0.5) is 5.69 Å². The van der Waals surface area contributed by atoms with E-state index < -0.39 is 0 Å². The molecule has 0 aliphatic rings. The molecule has 4 nitrogen and oxygen atoms in total. The predicted molar refractivity (Wildman–Crippen MR) is 106 cm³/mol. The zero-order chi connectivity index (χ0) is 18.8. The van der Waals surface area contributed by atoms with Gasteiger partial charge in [0.05, 0.1) is 19.4 Å². The highest BCUT2D eigenvalue weighted by atomic mass is 16.5. The van der Waals surface area contributed by atoms with Crippen LogP contribution in [0, 0.1) is 6.92 Å². The van der Waals surface area contributed by atoms with Crippen LogP contribution in [0.15, 0.2) is 53.5 Å². The molecule has 26 heavy (non-hydrogen) atoms. The number of aliphatic imine (C=N–C) groups is 1. The molecule has 0 radical (unpaired) electrons. The average molecular weight is 351 g/mol. The summed E-state index contributed by atoms with van der Waals surface area (Å²) in [7, 11) is 1.65. The number of unbranched alkanes of at least 4 members (excludes halogenated alkanes) is 1. The first kappa shape index (κ1) is 19.4. The van der Waals surface area contributed by atoms with Crippen LogP contribution in [0.3, 0.4) is 0 Å². The second-order valence-electron chi connectivity index (χ2n) is 5.93. The van der Waals surface area contributed by atoms with Gasteiger partial charge in [-0.25, -0.2) is 4.79 Å². The summed E-state index contributed by atoms with van der Waals surface area (Å²) in [5, 5.41) is 0. The second-order valence-corrected chi connectivity index (χ2v) is 5.93. The van der Waals surface area contributed by atoms with E-state index >= 15 is 0 Å². The van der Waals surface area contributed by atoms with E-state index in [1.807, 2.05) is 55.6 Å². The van der Waals surface area contributed by atoms with E-state index in [2.05, 4.69) is 11.9 Å². The Morgan fingerprint density at radius 3 is 2.58 bits per heavy atom. The largest absolute Gasteiger partial charge is 0.497 e. The van der Waals surface area contributed by atoms with Crippen molar-refractivity contribution < 1.29 is 14.3 Å². The molecule has 0 N–H and O–H groups in total. The molecule has 0 heterocycles. The lowest BCUT2D eigenvalue weighted by Crippen LogP contribution is -2.01. The zero-order valence-corrected chi connectivity index (χ0v) is 15.6. The summed E-state index contributed by atoms with van der Waals surface area (Å²) in [6.45, 7) is 4.53. The number of nitrogens with zero attached hydrogens (tertiary/aromatic N) is 1. The molecule has 0 aromatic heterocycles. The van der Waals surface area contributed by atoms with E-state index in [4.69, 9.17) is 9.47 Å². The summed E-state index contributed by atoms with van der Waals surface area (Å²) in [6, 6.07) is 13.6. The van der Waals surface area contributed by atoms with Crippen LogP contribution in [0.1, 0.15) is 36.5 Å². The Hall–Kier alpha value is -2.88. The number of benzene rings is 2. The van der Waals surface area contributed by atoms with Crippen LogP contribution in [0.25, 0.3) is 6.08 Å². The van der Waals surface area contributed by atoms with Gasteiger partial charge in [-0.2, -0.15) is 0 Å². The van der Waals surface area contributed by atoms with Crippen molar-refractivity contribution in [3.05, 3.63) is 65.2 Å². The van der Waals surface area contributed by atoms with Crippen LogP contribution in [0.5, 0.6) is 5.75 Å². The third kappa shape index (κ3) is 6.20. The first-order chi connectivity index (χ1) is 12.6. The van der Waals surface area contributed by atoms with Gasteiger partial charge in [0.15, 0.2) is 0 Å². The molecule has 0 saturated heterocycles. The Morgan fingerprint density at radius 1 is 1.15 bits per heavy atom. The Labute approximate surface area is 155 Å². The van der Waals surface area contributed by atoms with Crippen molar-refractivity contribution in [3.63, 3.8) is 0 Å². The standard InChI is InChI=1S/C22H25NO3/c1-4-5-14-26-22(24)13-9-19-8-10-20(15-17(19)2)23-16-18-6-11-21(25-3)12-7-18/h6-13,15-16H,4-5,14H2,1-3H3. The summed E-state index contributed by atoms with van der Waals surface area (Å²) in [6.07, 6.45) is 6.96. The first-order valence-electron chi connectivity index (χ1n) is 8.76. The highest BCUT2D eigenvalue weighted by Crippen LogP contribution is 2.19. The summed E-state index contributed by atoms with van der Waals surface area (Å²) >= 11 is 0. The van der Waals surface area contributed by atoms with Crippen molar-refractivity contribution in [2.75, 3.05) is 13.7 Å². The summed E-state index contributed by atoms with van der Waals surface area (Å²) in [5.41, 5.74) is 3.89. The quantitative estimate of drug-likeness (QED) is 0.287. The molecule has 0 amide bonds. The third-order valence-corrected chi connectivity index (χ3v) is 3.87. The van der Waals surface area contributed by atoms with Gasteiger partial charge >= 0.3 is 5.97 Å². The number of hydrogen-bond donors (Lipinski definition) is 0. The molecule has 0 saturated carbocycles. The third-order valence-electron chi connectivity index (χ3n) is 3.87. The molecule has 2 aromatic rings. The molecular weight excluding hydrogens is 326 g/mol. The number of esters is 1. The van der Waals surface area contributed by atoms with Crippen molar-refractivity contribution in [1.29, 1.82) is 0 Å². The number of ether oxygens (including phenoxy) is 2. The molecule has 0 spiro atoms. The summed E-state index contributed by atoms with van der Waals surface area (Å²) in [5.74, 6) is 0.516. The molecule has 0 aliphatic carbocycles. The summed E-state index contributed by atoms with van der Waals surface area (Å²) in [4.78, 5) is 16.1. The van der Waals surface area contributed by atoms with Gasteiger partial charge < -0.3 is 9.47 Å². The number of hydrogen-bond acceptors (Lipinski definition) is 4. The lowest BCUT2D eigenvalue weighted by Gasteiger charge is -2.03. The maximum absolute atomic E-state index is 11.6. The van der Waals surface area contributed by atoms with Gasteiger partial charge in [-0.05, 0) is 72.5 Å². The SMILES string of the molecule is CCCCOC(=O)C=Cc1ccc(N=Cc2ccc(OC)cc2)cc1C. The highest BCUT2D eigenvalue weighted by molar-refractivity contribution is 5.87. The monoisotopic (exact) mass is 351 g/mol. The van der Waals surface area contributed by atoms with Gasteiger partial charge in [0.25, 0.3) is 0 Å². The molecule has 0 aliphatic heterocycles.